The zero-order chi connectivity index (χ0) is 18.7. The largest absolute Gasteiger partial charge is 0.366 e. The number of aryl methyl sites for hydroxylation is 1. The number of aromatic amines is 1. The van der Waals surface area contributed by atoms with E-state index < -0.39 is 15.8 Å². The maximum absolute atomic E-state index is 14.0. The first kappa shape index (κ1) is 17.7. The molecule has 2 N–H and O–H groups in total. The molecule has 0 unspecified atom stereocenters. The van der Waals surface area contributed by atoms with Gasteiger partial charge >= 0.3 is 0 Å². The summed E-state index contributed by atoms with van der Waals surface area (Å²) in [4.78, 5) is 2.86. The molecule has 0 amide bonds. The first-order valence-electron chi connectivity index (χ1n) is 7.83. The first-order valence-corrected chi connectivity index (χ1v) is 9.31. The molecule has 0 saturated carbocycles. The number of nitrogens with one attached hydrogen (secondary N) is 2. The van der Waals surface area contributed by atoms with E-state index in [9.17, 15) is 12.8 Å². The minimum Gasteiger partial charge on any atom is -0.366 e. The number of sulfonamides is 1. The molecule has 3 rings (SSSR count). The van der Waals surface area contributed by atoms with Crippen LogP contribution in [-0.2, 0) is 16.4 Å². The molecule has 0 radical (unpaired) electrons. The number of benzene rings is 2. The highest BCUT2D eigenvalue weighted by atomic mass is 32.2. The van der Waals surface area contributed by atoms with E-state index in [0.717, 1.165) is 17.2 Å². The Morgan fingerprint density at radius 3 is 2.69 bits per heavy atom. The average Bonchev–Trinajstić information content (AvgIpc) is 3.05. The lowest BCUT2D eigenvalue weighted by molar-refractivity contribution is 0.598. The van der Waals surface area contributed by atoms with Crippen molar-refractivity contribution in [3.63, 3.8) is 0 Å². The molecule has 2 aromatic carbocycles. The highest BCUT2D eigenvalue weighted by molar-refractivity contribution is 7.92. The Morgan fingerprint density at radius 1 is 1.19 bits per heavy atom. The first-order chi connectivity index (χ1) is 12.4. The second-order valence-electron chi connectivity index (χ2n) is 5.92. The summed E-state index contributed by atoms with van der Waals surface area (Å²) in [6.45, 7) is 1.97. The molecule has 3 aromatic rings. The van der Waals surface area contributed by atoms with Crippen LogP contribution < -0.4 is 4.72 Å². The summed E-state index contributed by atoms with van der Waals surface area (Å²) in [5.74, 6) is -0.802. The minimum absolute atomic E-state index is 0.0581. The van der Waals surface area contributed by atoms with Crippen molar-refractivity contribution in [3.05, 3.63) is 82.9 Å². The quantitative estimate of drug-likeness (QED) is 0.719. The standard InChI is InChI=1S/C19H16FN3O2S/c1-13-3-2-4-14(7-13)8-16-11-22-12-19(16)26(24,25)23-18-6-5-15(10-21)9-17(18)20/h2-7,9,11-12,22-23H,8H2,1H3. The Balaban J connectivity index is 1.89. The summed E-state index contributed by atoms with van der Waals surface area (Å²) in [6, 6.07) is 13.2. The highest BCUT2D eigenvalue weighted by Crippen LogP contribution is 2.24. The van der Waals surface area contributed by atoms with E-state index in [0.29, 0.717) is 12.0 Å². The second kappa shape index (κ2) is 7.02. The average molecular weight is 369 g/mol. The Labute approximate surface area is 151 Å². The van der Waals surface area contributed by atoms with Gasteiger partial charge in [-0.2, -0.15) is 5.26 Å². The van der Waals surface area contributed by atoms with Gasteiger partial charge in [-0.1, -0.05) is 29.8 Å². The molecule has 5 nitrogen and oxygen atoms in total. The number of hydrogen-bond acceptors (Lipinski definition) is 3. The Bertz CT molecular complexity index is 1100. The van der Waals surface area contributed by atoms with Crippen LogP contribution >= 0.6 is 0 Å². The van der Waals surface area contributed by atoms with E-state index in [4.69, 9.17) is 5.26 Å². The highest BCUT2D eigenvalue weighted by Gasteiger charge is 2.21. The zero-order valence-electron chi connectivity index (χ0n) is 14.0. The van der Waals surface area contributed by atoms with Gasteiger partial charge in [0.15, 0.2) is 0 Å². The molecule has 0 fully saturated rings. The van der Waals surface area contributed by atoms with Gasteiger partial charge < -0.3 is 4.98 Å². The molecule has 26 heavy (non-hydrogen) atoms. The lowest BCUT2D eigenvalue weighted by atomic mass is 10.1. The lowest BCUT2D eigenvalue weighted by Gasteiger charge is -2.10. The summed E-state index contributed by atoms with van der Waals surface area (Å²) in [5.41, 5.74) is 2.56. The molecule has 0 atom stereocenters. The number of halogens is 1. The number of nitriles is 1. The molecule has 0 aliphatic rings. The topological polar surface area (TPSA) is 85.8 Å². The number of hydrogen-bond donors (Lipinski definition) is 2. The fourth-order valence-corrected chi connectivity index (χ4v) is 3.94. The minimum atomic E-state index is -3.98. The van der Waals surface area contributed by atoms with Gasteiger partial charge in [-0.05, 0) is 36.2 Å². The van der Waals surface area contributed by atoms with Crippen molar-refractivity contribution >= 4 is 15.7 Å². The monoisotopic (exact) mass is 369 g/mol. The fraction of sp³-hybridized carbons (Fsp3) is 0.105. The van der Waals surface area contributed by atoms with E-state index in [-0.39, 0.29) is 16.1 Å². The van der Waals surface area contributed by atoms with Crippen LogP contribution in [-0.4, -0.2) is 13.4 Å². The summed E-state index contributed by atoms with van der Waals surface area (Å²) in [5, 5.41) is 8.77. The van der Waals surface area contributed by atoms with E-state index in [1.54, 1.807) is 12.3 Å². The maximum Gasteiger partial charge on any atom is 0.263 e. The van der Waals surface area contributed by atoms with E-state index in [1.807, 2.05) is 31.2 Å². The third kappa shape index (κ3) is 3.76. The lowest BCUT2D eigenvalue weighted by Crippen LogP contribution is -2.15. The number of aromatic nitrogens is 1. The van der Waals surface area contributed by atoms with E-state index in [2.05, 4.69) is 9.71 Å². The molecule has 132 valence electrons. The van der Waals surface area contributed by atoms with Crippen molar-refractivity contribution < 1.29 is 12.8 Å². The van der Waals surface area contributed by atoms with Crippen LogP contribution in [0.4, 0.5) is 10.1 Å². The molecular formula is C19H16FN3O2S. The predicted molar refractivity (Wildman–Crippen MR) is 96.7 cm³/mol. The predicted octanol–water partition coefficient (Wildman–Crippen LogP) is 3.73. The molecule has 7 heteroatoms. The van der Waals surface area contributed by atoms with Gasteiger partial charge in [0.25, 0.3) is 10.0 Å². The Kier molecular flexibility index (Phi) is 4.78. The third-order valence-electron chi connectivity index (χ3n) is 3.90. The smallest absolute Gasteiger partial charge is 0.263 e. The number of H-pyrrole nitrogens is 1. The Morgan fingerprint density at radius 2 is 2.00 bits per heavy atom. The van der Waals surface area contributed by atoms with Crippen LogP contribution in [0.25, 0.3) is 0 Å². The summed E-state index contributed by atoms with van der Waals surface area (Å²) < 4.78 is 41.6. The molecular weight excluding hydrogens is 353 g/mol. The van der Waals surface area contributed by atoms with E-state index in [1.165, 1.54) is 18.3 Å². The zero-order valence-corrected chi connectivity index (χ0v) is 14.8. The van der Waals surface area contributed by atoms with Gasteiger partial charge in [0.05, 0.1) is 17.3 Å². The molecule has 0 saturated heterocycles. The fourth-order valence-electron chi connectivity index (χ4n) is 2.68. The van der Waals surface area contributed by atoms with Gasteiger partial charge in [0.1, 0.15) is 10.7 Å². The van der Waals surface area contributed by atoms with Crippen molar-refractivity contribution in [3.8, 4) is 6.07 Å². The van der Waals surface area contributed by atoms with Gasteiger partial charge in [0.2, 0.25) is 0 Å². The van der Waals surface area contributed by atoms with Crippen molar-refractivity contribution in [2.24, 2.45) is 0 Å². The molecule has 1 aromatic heterocycles. The Hall–Kier alpha value is -3.11. The van der Waals surface area contributed by atoms with E-state index >= 15 is 0 Å². The second-order valence-corrected chi connectivity index (χ2v) is 7.57. The van der Waals surface area contributed by atoms with Gasteiger partial charge in [-0.3, -0.25) is 4.72 Å². The summed E-state index contributed by atoms with van der Waals surface area (Å²) in [6.07, 6.45) is 3.42. The van der Waals surface area contributed by atoms with Crippen LogP contribution in [0.1, 0.15) is 22.3 Å². The van der Waals surface area contributed by atoms with Gasteiger partial charge in [-0.25, -0.2) is 12.8 Å². The third-order valence-corrected chi connectivity index (χ3v) is 5.35. The summed E-state index contributed by atoms with van der Waals surface area (Å²) >= 11 is 0. The van der Waals surface area contributed by atoms with Crippen LogP contribution in [0.15, 0.2) is 59.8 Å². The van der Waals surface area contributed by atoms with Crippen molar-refractivity contribution in [2.75, 3.05) is 4.72 Å². The molecule has 0 bridgehead atoms. The molecule has 0 aliphatic heterocycles. The summed E-state index contributed by atoms with van der Waals surface area (Å²) in [7, 11) is -3.98. The molecule has 1 heterocycles. The van der Waals surface area contributed by atoms with Crippen LogP contribution in [0.2, 0.25) is 0 Å². The van der Waals surface area contributed by atoms with Gasteiger partial charge in [-0.15, -0.1) is 0 Å². The van der Waals surface area contributed by atoms with Crippen LogP contribution in [0, 0.1) is 24.1 Å². The molecule has 0 aliphatic carbocycles. The number of nitrogens with zero attached hydrogens (tertiary/aromatic N) is 1. The van der Waals surface area contributed by atoms with Crippen LogP contribution in [0.3, 0.4) is 0 Å². The van der Waals surface area contributed by atoms with Crippen LogP contribution in [0.5, 0.6) is 0 Å². The van der Waals surface area contributed by atoms with Crippen molar-refractivity contribution in [1.82, 2.24) is 4.98 Å². The maximum atomic E-state index is 14.0. The number of rotatable bonds is 5. The van der Waals surface area contributed by atoms with Gasteiger partial charge in [0, 0.05) is 18.8 Å². The SMILES string of the molecule is Cc1cccc(Cc2c[nH]cc2S(=O)(=O)Nc2ccc(C#N)cc2F)c1. The molecule has 0 spiro atoms. The van der Waals surface area contributed by atoms with Crippen molar-refractivity contribution in [1.29, 1.82) is 5.26 Å². The number of anilines is 1. The normalized spacial score (nSPS) is 11.1. The van der Waals surface area contributed by atoms with Crippen molar-refractivity contribution in [2.45, 2.75) is 18.2 Å².